The van der Waals surface area contributed by atoms with Crippen LogP contribution in [-0.4, -0.2) is 46.7 Å². The number of fused-ring (bicyclic) bond motifs is 2. The number of carbonyl (C=O) groups is 2. The van der Waals surface area contributed by atoms with Crippen LogP contribution in [0.25, 0.3) is 0 Å². The standard InChI is InChI=1S/C20H18F3N3O3/c21-20(22,23)29-16-5-3-12(4-6-16)19(28)26-11-14-8-15(26)9-17(14)25-18(27)13-2-1-7-24-10-13/h1-7,10,14-15,17H,8-9,11H2,(H,25,27)/t14-,15-,17-/m0/s1. The topological polar surface area (TPSA) is 71.5 Å². The lowest BCUT2D eigenvalue weighted by molar-refractivity contribution is -0.274. The largest absolute Gasteiger partial charge is 0.573 e. The van der Waals surface area contributed by atoms with Gasteiger partial charge in [0.2, 0.25) is 0 Å². The van der Waals surface area contributed by atoms with Crippen molar-refractivity contribution in [3.63, 3.8) is 0 Å². The Morgan fingerprint density at radius 1 is 1.10 bits per heavy atom. The Labute approximate surface area is 164 Å². The third-order valence-corrected chi connectivity index (χ3v) is 5.38. The Morgan fingerprint density at radius 3 is 2.45 bits per heavy atom. The fourth-order valence-electron chi connectivity index (χ4n) is 4.09. The number of hydrogen-bond donors (Lipinski definition) is 1. The second-order valence-corrected chi connectivity index (χ2v) is 7.24. The first-order chi connectivity index (χ1) is 13.8. The van der Waals surface area contributed by atoms with E-state index in [1.807, 2.05) is 0 Å². The van der Waals surface area contributed by atoms with E-state index >= 15 is 0 Å². The molecule has 0 radical (unpaired) electrons. The molecule has 0 spiro atoms. The van der Waals surface area contributed by atoms with Crippen LogP contribution in [0.3, 0.4) is 0 Å². The summed E-state index contributed by atoms with van der Waals surface area (Å²) in [7, 11) is 0. The monoisotopic (exact) mass is 405 g/mol. The van der Waals surface area contributed by atoms with Gasteiger partial charge in [-0.15, -0.1) is 13.2 Å². The molecule has 2 fully saturated rings. The summed E-state index contributed by atoms with van der Waals surface area (Å²) in [6.45, 7) is 0.502. The molecule has 4 rings (SSSR count). The van der Waals surface area contributed by atoms with Crippen molar-refractivity contribution in [2.24, 2.45) is 5.92 Å². The summed E-state index contributed by atoms with van der Waals surface area (Å²) in [5, 5.41) is 3.02. The fraction of sp³-hybridized carbons (Fsp3) is 0.350. The molecule has 9 heteroatoms. The number of pyridine rings is 1. The van der Waals surface area contributed by atoms with Crippen LogP contribution in [-0.2, 0) is 0 Å². The summed E-state index contributed by atoms with van der Waals surface area (Å²) in [6, 6.07) is 8.29. The van der Waals surface area contributed by atoms with Crippen LogP contribution in [0, 0.1) is 5.92 Å². The molecule has 6 nitrogen and oxygen atoms in total. The molecule has 1 N–H and O–H groups in total. The third kappa shape index (κ3) is 4.18. The molecular formula is C20H18F3N3O3. The van der Waals surface area contributed by atoms with Gasteiger partial charge in [0.05, 0.1) is 5.56 Å². The van der Waals surface area contributed by atoms with Crippen LogP contribution in [0.5, 0.6) is 5.75 Å². The smallest absolute Gasteiger partial charge is 0.406 e. The van der Waals surface area contributed by atoms with Crippen molar-refractivity contribution in [3.8, 4) is 5.75 Å². The van der Waals surface area contributed by atoms with Crippen molar-refractivity contribution < 1.29 is 27.5 Å². The number of halogens is 3. The number of piperidine rings is 1. The predicted octanol–water partition coefficient (Wildman–Crippen LogP) is 3.01. The van der Waals surface area contributed by atoms with Crippen molar-refractivity contribution in [2.45, 2.75) is 31.3 Å². The fourth-order valence-corrected chi connectivity index (χ4v) is 4.09. The SMILES string of the molecule is O=C(N[C@H]1C[C@@H]2C[C@H]1CN2C(=O)c1ccc(OC(F)(F)F)cc1)c1cccnc1. The number of aromatic nitrogens is 1. The van der Waals surface area contributed by atoms with E-state index in [1.54, 1.807) is 23.2 Å². The number of likely N-dealkylation sites (tertiary alicyclic amines) is 1. The van der Waals surface area contributed by atoms with Gasteiger partial charge in [0, 0.05) is 36.6 Å². The molecule has 2 aliphatic rings. The van der Waals surface area contributed by atoms with E-state index < -0.39 is 6.36 Å². The number of nitrogens with zero attached hydrogens (tertiary/aromatic N) is 2. The van der Waals surface area contributed by atoms with Crippen molar-refractivity contribution in [2.75, 3.05) is 6.54 Å². The molecule has 0 unspecified atom stereocenters. The highest BCUT2D eigenvalue weighted by Gasteiger charge is 2.47. The Kier molecular flexibility index (Phi) is 4.89. The Bertz CT molecular complexity index is 903. The number of alkyl halides is 3. The van der Waals surface area contributed by atoms with Gasteiger partial charge in [-0.3, -0.25) is 14.6 Å². The molecule has 2 bridgehead atoms. The first kappa shape index (κ1) is 19.2. The predicted molar refractivity (Wildman–Crippen MR) is 96.2 cm³/mol. The maximum absolute atomic E-state index is 12.8. The molecule has 3 atom stereocenters. The molecule has 1 aliphatic heterocycles. The first-order valence-corrected chi connectivity index (χ1v) is 9.18. The van der Waals surface area contributed by atoms with Crippen molar-refractivity contribution in [1.29, 1.82) is 0 Å². The molecular weight excluding hydrogens is 387 g/mol. The van der Waals surface area contributed by atoms with Crippen molar-refractivity contribution in [1.82, 2.24) is 15.2 Å². The highest BCUT2D eigenvalue weighted by Crippen LogP contribution is 2.39. The molecule has 1 aliphatic carbocycles. The zero-order valence-corrected chi connectivity index (χ0v) is 15.2. The molecule has 1 saturated heterocycles. The van der Waals surface area contributed by atoms with E-state index in [4.69, 9.17) is 0 Å². The summed E-state index contributed by atoms with van der Waals surface area (Å²) in [6.07, 6.45) is -0.227. The number of benzene rings is 1. The summed E-state index contributed by atoms with van der Waals surface area (Å²) in [5.74, 6) is -0.630. The van der Waals surface area contributed by atoms with Crippen LogP contribution in [0.2, 0.25) is 0 Å². The highest BCUT2D eigenvalue weighted by atomic mass is 19.4. The summed E-state index contributed by atoms with van der Waals surface area (Å²) in [4.78, 5) is 30.7. The molecule has 2 aromatic rings. The lowest BCUT2D eigenvalue weighted by atomic mass is 10.0. The summed E-state index contributed by atoms with van der Waals surface area (Å²) < 4.78 is 40.6. The number of nitrogens with one attached hydrogen (secondary N) is 1. The average Bonchev–Trinajstić information content (AvgIpc) is 3.28. The van der Waals surface area contributed by atoms with E-state index in [0.29, 0.717) is 24.1 Å². The number of amides is 2. The van der Waals surface area contributed by atoms with E-state index in [9.17, 15) is 22.8 Å². The van der Waals surface area contributed by atoms with Gasteiger partial charge >= 0.3 is 6.36 Å². The molecule has 152 valence electrons. The van der Waals surface area contributed by atoms with E-state index in [1.165, 1.54) is 18.3 Å². The van der Waals surface area contributed by atoms with Gasteiger partial charge in [0.1, 0.15) is 5.75 Å². The normalized spacial score (nSPS) is 23.1. The van der Waals surface area contributed by atoms with Gasteiger partial charge in [-0.25, -0.2) is 0 Å². The maximum atomic E-state index is 12.8. The zero-order valence-electron chi connectivity index (χ0n) is 15.2. The minimum Gasteiger partial charge on any atom is -0.406 e. The summed E-state index contributed by atoms with van der Waals surface area (Å²) >= 11 is 0. The van der Waals surface area contributed by atoms with Gasteiger partial charge < -0.3 is 15.0 Å². The Balaban J connectivity index is 1.36. The van der Waals surface area contributed by atoms with Gasteiger partial charge in [0.25, 0.3) is 11.8 Å². The number of ether oxygens (including phenoxy) is 1. The van der Waals surface area contributed by atoms with Gasteiger partial charge in [-0.05, 0) is 55.2 Å². The molecule has 2 heterocycles. The minimum absolute atomic E-state index is 0.00204. The minimum atomic E-state index is -4.77. The Morgan fingerprint density at radius 2 is 1.86 bits per heavy atom. The van der Waals surface area contributed by atoms with Gasteiger partial charge in [-0.2, -0.15) is 0 Å². The van der Waals surface area contributed by atoms with Crippen LogP contribution in [0.1, 0.15) is 33.6 Å². The van der Waals surface area contributed by atoms with Gasteiger partial charge in [0.15, 0.2) is 0 Å². The molecule has 1 aromatic heterocycles. The number of rotatable bonds is 4. The van der Waals surface area contributed by atoms with Crippen LogP contribution in [0.4, 0.5) is 13.2 Å². The first-order valence-electron chi connectivity index (χ1n) is 9.18. The lowest BCUT2D eigenvalue weighted by Crippen LogP contribution is -2.47. The third-order valence-electron chi connectivity index (χ3n) is 5.38. The maximum Gasteiger partial charge on any atom is 0.573 e. The zero-order chi connectivity index (χ0) is 20.6. The van der Waals surface area contributed by atoms with Crippen molar-refractivity contribution >= 4 is 11.8 Å². The highest BCUT2D eigenvalue weighted by molar-refractivity contribution is 5.95. The van der Waals surface area contributed by atoms with Gasteiger partial charge in [-0.1, -0.05) is 0 Å². The van der Waals surface area contributed by atoms with Crippen LogP contribution in [0.15, 0.2) is 48.8 Å². The second-order valence-electron chi connectivity index (χ2n) is 7.24. The van der Waals surface area contributed by atoms with E-state index in [2.05, 4.69) is 15.0 Å². The lowest BCUT2D eigenvalue weighted by Gasteiger charge is -2.32. The van der Waals surface area contributed by atoms with Crippen LogP contribution >= 0.6 is 0 Å². The molecule has 29 heavy (non-hydrogen) atoms. The average molecular weight is 405 g/mol. The second kappa shape index (κ2) is 7.38. The summed E-state index contributed by atoms with van der Waals surface area (Å²) in [5.41, 5.74) is 0.799. The molecule has 1 saturated carbocycles. The van der Waals surface area contributed by atoms with Crippen LogP contribution < -0.4 is 10.1 Å². The number of carbonyl (C=O) groups excluding carboxylic acids is 2. The quantitative estimate of drug-likeness (QED) is 0.849. The number of hydrogen-bond acceptors (Lipinski definition) is 4. The molecule has 2 amide bonds. The molecule has 1 aromatic carbocycles. The van der Waals surface area contributed by atoms with E-state index in [0.717, 1.165) is 18.6 Å². The van der Waals surface area contributed by atoms with E-state index in [-0.39, 0.29) is 35.6 Å². The van der Waals surface area contributed by atoms with Crippen molar-refractivity contribution in [3.05, 3.63) is 59.9 Å². The Hall–Kier alpha value is -3.10.